The number of anilines is 1. The van der Waals surface area contributed by atoms with E-state index in [9.17, 15) is 9.59 Å². The standard InChI is InChI=1S/C18H22N4O2S/c23-16(20-18-19-14-4-1-2-5-15(14)25-18)12-21-10-7-13(8-11-21)22-9-3-6-17(22)24/h1-2,4-5,13H,3,6-12H2,(H,19,20,23). The summed E-state index contributed by atoms with van der Waals surface area (Å²) < 4.78 is 1.08. The number of amides is 2. The summed E-state index contributed by atoms with van der Waals surface area (Å²) in [4.78, 5) is 32.8. The van der Waals surface area contributed by atoms with E-state index in [0.29, 0.717) is 30.0 Å². The van der Waals surface area contributed by atoms with Gasteiger partial charge in [-0.15, -0.1) is 0 Å². The number of aromatic nitrogens is 1. The number of benzene rings is 1. The van der Waals surface area contributed by atoms with E-state index in [2.05, 4.69) is 15.2 Å². The zero-order valence-electron chi connectivity index (χ0n) is 14.1. The molecule has 0 atom stereocenters. The molecule has 2 amide bonds. The van der Waals surface area contributed by atoms with Gasteiger partial charge in [-0.2, -0.15) is 0 Å². The SMILES string of the molecule is O=C(CN1CCC(N2CCCC2=O)CC1)Nc1nc2ccccc2s1. The third-order valence-corrected chi connectivity index (χ3v) is 5.97. The highest BCUT2D eigenvalue weighted by atomic mass is 32.1. The van der Waals surface area contributed by atoms with Crippen LogP contribution in [0, 0.1) is 0 Å². The van der Waals surface area contributed by atoms with Crippen LogP contribution < -0.4 is 5.32 Å². The quantitative estimate of drug-likeness (QED) is 0.911. The summed E-state index contributed by atoms with van der Waals surface area (Å²) in [5, 5.41) is 3.57. The Bertz CT molecular complexity index is 749. The number of likely N-dealkylation sites (tertiary alicyclic amines) is 2. The van der Waals surface area contributed by atoms with Gasteiger partial charge in [-0.05, 0) is 31.4 Å². The lowest BCUT2D eigenvalue weighted by molar-refractivity contribution is -0.130. The minimum absolute atomic E-state index is 0.0187. The number of hydrogen-bond donors (Lipinski definition) is 1. The molecule has 6 nitrogen and oxygen atoms in total. The molecule has 0 bridgehead atoms. The number of carbonyl (C=O) groups is 2. The van der Waals surface area contributed by atoms with Crippen molar-refractivity contribution in [2.75, 3.05) is 31.5 Å². The molecule has 2 aliphatic heterocycles. The maximum absolute atomic E-state index is 12.3. The van der Waals surface area contributed by atoms with Crippen LogP contribution in [0.5, 0.6) is 0 Å². The molecule has 2 aliphatic rings. The number of nitrogens with zero attached hydrogens (tertiary/aromatic N) is 3. The molecule has 0 aliphatic carbocycles. The molecule has 0 radical (unpaired) electrons. The molecule has 3 heterocycles. The van der Waals surface area contributed by atoms with E-state index >= 15 is 0 Å². The molecule has 7 heteroatoms. The molecule has 2 aromatic rings. The zero-order chi connectivity index (χ0) is 17.2. The topological polar surface area (TPSA) is 65.5 Å². The van der Waals surface area contributed by atoms with Crippen molar-refractivity contribution in [3.05, 3.63) is 24.3 Å². The smallest absolute Gasteiger partial charge is 0.240 e. The normalized spacial score (nSPS) is 19.7. The summed E-state index contributed by atoms with van der Waals surface area (Å²) in [7, 11) is 0. The summed E-state index contributed by atoms with van der Waals surface area (Å²) in [5.74, 6) is 0.279. The van der Waals surface area contributed by atoms with Crippen molar-refractivity contribution >= 4 is 38.5 Å². The molecule has 4 rings (SSSR count). The Morgan fingerprint density at radius 3 is 2.76 bits per heavy atom. The van der Waals surface area contributed by atoms with Gasteiger partial charge in [0.2, 0.25) is 11.8 Å². The molecule has 2 saturated heterocycles. The molecule has 1 N–H and O–H groups in total. The van der Waals surface area contributed by atoms with Crippen molar-refractivity contribution in [2.45, 2.75) is 31.7 Å². The van der Waals surface area contributed by atoms with Crippen LogP contribution in [-0.2, 0) is 9.59 Å². The van der Waals surface area contributed by atoms with Gasteiger partial charge >= 0.3 is 0 Å². The predicted molar refractivity (Wildman–Crippen MR) is 98.7 cm³/mol. The number of fused-ring (bicyclic) bond motifs is 1. The summed E-state index contributed by atoms with van der Waals surface area (Å²) >= 11 is 1.50. The Hall–Kier alpha value is -1.99. The lowest BCUT2D eigenvalue weighted by Crippen LogP contribution is -2.47. The van der Waals surface area contributed by atoms with Gasteiger partial charge in [-0.1, -0.05) is 23.5 Å². The first-order chi connectivity index (χ1) is 12.2. The third kappa shape index (κ3) is 3.67. The second-order valence-corrected chi connectivity index (χ2v) is 7.76. The fourth-order valence-electron chi connectivity index (χ4n) is 3.73. The van der Waals surface area contributed by atoms with Gasteiger partial charge in [0, 0.05) is 32.1 Å². The molecule has 0 saturated carbocycles. The Morgan fingerprint density at radius 1 is 1.24 bits per heavy atom. The highest BCUT2D eigenvalue weighted by molar-refractivity contribution is 7.22. The van der Waals surface area contributed by atoms with Crippen molar-refractivity contribution in [3.63, 3.8) is 0 Å². The summed E-state index contributed by atoms with van der Waals surface area (Å²) in [6, 6.07) is 8.24. The average Bonchev–Trinajstić information content (AvgIpc) is 3.21. The van der Waals surface area contributed by atoms with Gasteiger partial charge < -0.3 is 10.2 Å². The first kappa shape index (κ1) is 16.5. The first-order valence-corrected chi connectivity index (χ1v) is 9.68. The molecule has 132 valence electrons. The fraction of sp³-hybridized carbons (Fsp3) is 0.500. The predicted octanol–water partition coefficient (Wildman–Crippen LogP) is 2.32. The van der Waals surface area contributed by atoms with Crippen LogP contribution >= 0.6 is 11.3 Å². The largest absolute Gasteiger partial charge is 0.340 e. The minimum Gasteiger partial charge on any atom is -0.340 e. The monoisotopic (exact) mass is 358 g/mol. The van der Waals surface area contributed by atoms with Crippen LogP contribution in [0.25, 0.3) is 10.2 Å². The molecule has 1 aromatic heterocycles. The van der Waals surface area contributed by atoms with Gasteiger partial charge in [-0.25, -0.2) is 4.98 Å². The Morgan fingerprint density at radius 2 is 2.04 bits per heavy atom. The van der Waals surface area contributed by atoms with Crippen LogP contribution in [0.4, 0.5) is 5.13 Å². The van der Waals surface area contributed by atoms with Gasteiger partial charge in [0.15, 0.2) is 5.13 Å². The van der Waals surface area contributed by atoms with Gasteiger partial charge in [-0.3, -0.25) is 14.5 Å². The van der Waals surface area contributed by atoms with Crippen LogP contribution in [-0.4, -0.2) is 58.8 Å². The van der Waals surface area contributed by atoms with E-state index in [1.807, 2.05) is 29.2 Å². The minimum atomic E-state index is -0.0187. The number of rotatable bonds is 4. The van der Waals surface area contributed by atoms with Crippen molar-refractivity contribution in [1.29, 1.82) is 0 Å². The lowest BCUT2D eigenvalue weighted by Gasteiger charge is -2.36. The van der Waals surface area contributed by atoms with Crippen LogP contribution in [0.1, 0.15) is 25.7 Å². The molecule has 2 fully saturated rings. The van der Waals surface area contributed by atoms with E-state index in [-0.39, 0.29) is 5.91 Å². The maximum atomic E-state index is 12.3. The fourth-order valence-corrected chi connectivity index (χ4v) is 4.61. The van der Waals surface area contributed by atoms with Crippen LogP contribution in [0.15, 0.2) is 24.3 Å². The van der Waals surface area contributed by atoms with Gasteiger partial charge in [0.1, 0.15) is 0 Å². The lowest BCUT2D eigenvalue weighted by atomic mass is 10.0. The number of thiazole rings is 1. The number of hydrogen-bond acceptors (Lipinski definition) is 5. The maximum Gasteiger partial charge on any atom is 0.240 e. The van der Waals surface area contributed by atoms with E-state index < -0.39 is 0 Å². The third-order valence-electron chi connectivity index (χ3n) is 5.02. The van der Waals surface area contributed by atoms with Gasteiger partial charge in [0.25, 0.3) is 0 Å². The van der Waals surface area contributed by atoms with Crippen LogP contribution in [0.2, 0.25) is 0 Å². The second-order valence-electron chi connectivity index (χ2n) is 6.73. The first-order valence-electron chi connectivity index (χ1n) is 8.86. The zero-order valence-corrected chi connectivity index (χ0v) is 14.9. The molecule has 25 heavy (non-hydrogen) atoms. The molecule has 0 spiro atoms. The average molecular weight is 358 g/mol. The van der Waals surface area contributed by atoms with Crippen molar-refractivity contribution < 1.29 is 9.59 Å². The summed E-state index contributed by atoms with van der Waals surface area (Å²) in [6.45, 7) is 3.02. The Balaban J connectivity index is 1.28. The highest BCUT2D eigenvalue weighted by Gasteiger charge is 2.31. The van der Waals surface area contributed by atoms with E-state index in [4.69, 9.17) is 0 Å². The Kier molecular flexibility index (Phi) is 4.67. The number of nitrogens with one attached hydrogen (secondary N) is 1. The van der Waals surface area contributed by atoms with E-state index in [0.717, 1.165) is 49.1 Å². The Labute approximate surface area is 150 Å². The van der Waals surface area contributed by atoms with Gasteiger partial charge in [0.05, 0.1) is 16.8 Å². The molecular formula is C18H22N4O2S. The molecular weight excluding hydrogens is 336 g/mol. The summed E-state index contributed by atoms with van der Waals surface area (Å²) in [5.41, 5.74) is 0.916. The second kappa shape index (κ2) is 7.09. The van der Waals surface area contributed by atoms with Crippen molar-refractivity contribution in [1.82, 2.24) is 14.8 Å². The van der Waals surface area contributed by atoms with Crippen molar-refractivity contribution in [3.8, 4) is 0 Å². The number of piperidine rings is 1. The number of carbonyl (C=O) groups excluding carboxylic acids is 2. The molecule has 0 unspecified atom stereocenters. The number of para-hydroxylation sites is 1. The van der Waals surface area contributed by atoms with E-state index in [1.54, 1.807) is 0 Å². The van der Waals surface area contributed by atoms with Crippen molar-refractivity contribution in [2.24, 2.45) is 0 Å². The van der Waals surface area contributed by atoms with Crippen LogP contribution in [0.3, 0.4) is 0 Å². The van der Waals surface area contributed by atoms with E-state index in [1.165, 1.54) is 11.3 Å². The highest BCUT2D eigenvalue weighted by Crippen LogP contribution is 2.25. The molecule has 1 aromatic carbocycles. The summed E-state index contributed by atoms with van der Waals surface area (Å²) in [6.07, 6.45) is 3.61.